The van der Waals surface area contributed by atoms with Gasteiger partial charge in [-0.1, -0.05) is 28.1 Å². The number of carbonyl (C=O) groups is 1. The monoisotopic (exact) mass is 311 g/mol. The molecule has 1 fully saturated rings. The first kappa shape index (κ1) is 13.6. The van der Waals surface area contributed by atoms with Gasteiger partial charge in [-0.05, 0) is 44.5 Å². The van der Waals surface area contributed by atoms with Gasteiger partial charge in [-0.15, -0.1) is 0 Å². The van der Waals surface area contributed by atoms with Gasteiger partial charge in [0.2, 0.25) is 0 Å². The summed E-state index contributed by atoms with van der Waals surface area (Å²) < 4.78 is 1.08. The molecule has 0 radical (unpaired) electrons. The summed E-state index contributed by atoms with van der Waals surface area (Å²) in [5.41, 5.74) is 1.48. The summed E-state index contributed by atoms with van der Waals surface area (Å²) in [5, 5.41) is 9.03. The molecule has 0 heterocycles. The molecule has 1 aliphatic rings. The van der Waals surface area contributed by atoms with E-state index in [-0.39, 0.29) is 5.41 Å². The summed E-state index contributed by atoms with van der Waals surface area (Å²) in [4.78, 5) is 12.9. The Morgan fingerprint density at radius 2 is 2.00 bits per heavy atom. The molecule has 0 unspecified atom stereocenters. The van der Waals surface area contributed by atoms with Crippen molar-refractivity contribution >= 4 is 21.9 Å². The number of nitrogens with zero attached hydrogens (tertiary/aromatic N) is 1. The maximum absolute atomic E-state index is 11.0. The predicted octanol–water partition coefficient (Wildman–Crippen LogP) is 2.89. The molecule has 1 aromatic rings. The minimum absolute atomic E-state index is 0.166. The van der Waals surface area contributed by atoms with Crippen LogP contribution in [0.2, 0.25) is 0 Å². The first-order valence-corrected chi connectivity index (χ1v) is 6.93. The molecule has 1 aliphatic carbocycles. The fraction of sp³-hybridized carbons (Fsp3) is 0.500. The lowest BCUT2D eigenvalue weighted by Gasteiger charge is -2.27. The molecule has 1 N–H and O–H groups in total. The highest BCUT2D eigenvalue weighted by Gasteiger charge is 2.45. The topological polar surface area (TPSA) is 40.5 Å². The number of carboxylic acid groups (broad SMARTS) is 1. The molecular weight excluding hydrogens is 294 g/mol. The fourth-order valence-corrected chi connectivity index (χ4v) is 2.56. The molecule has 0 saturated heterocycles. The van der Waals surface area contributed by atoms with Crippen LogP contribution in [0.5, 0.6) is 0 Å². The highest BCUT2D eigenvalue weighted by atomic mass is 79.9. The van der Waals surface area contributed by atoms with Crippen molar-refractivity contribution in [1.29, 1.82) is 0 Å². The Hall–Kier alpha value is -0.870. The smallest absolute Gasteiger partial charge is 0.320 e. The van der Waals surface area contributed by atoms with Gasteiger partial charge in [0.05, 0.1) is 0 Å². The Labute approximate surface area is 116 Å². The zero-order valence-corrected chi connectivity index (χ0v) is 12.3. The van der Waals surface area contributed by atoms with E-state index in [1.807, 2.05) is 11.9 Å². The van der Waals surface area contributed by atoms with E-state index in [1.54, 1.807) is 6.92 Å². The lowest BCUT2D eigenvalue weighted by molar-refractivity contribution is -0.142. The Kier molecular flexibility index (Phi) is 3.78. The maximum Gasteiger partial charge on any atom is 0.320 e. The average molecular weight is 312 g/mol. The van der Waals surface area contributed by atoms with Crippen LogP contribution >= 0.6 is 15.9 Å². The molecule has 1 atom stereocenters. The maximum atomic E-state index is 11.0. The number of halogens is 1. The molecule has 0 aliphatic heterocycles. The molecular formula is C14H18BrNO2. The van der Waals surface area contributed by atoms with E-state index in [4.69, 9.17) is 5.11 Å². The molecule has 2 rings (SSSR count). The minimum Gasteiger partial charge on any atom is -0.480 e. The van der Waals surface area contributed by atoms with Crippen molar-refractivity contribution in [3.63, 3.8) is 0 Å². The third kappa shape index (κ3) is 2.75. The summed E-state index contributed by atoms with van der Waals surface area (Å²) in [6.45, 7) is 2.54. The second kappa shape index (κ2) is 5.02. The van der Waals surface area contributed by atoms with Gasteiger partial charge in [-0.2, -0.15) is 0 Å². The van der Waals surface area contributed by atoms with Gasteiger partial charge in [-0.25, -0.2) is 0 Å². The summed E-state index contributed by atoms with van der Waals surface area (Å²) >= 11 is 3.44. The summed E-state index contributed by atoms with van der Waals surface area (Å²) in [7, 11) is 1.89. The van der Waals surface area contributed by atoms with Crippen molar-refractivity contribution in [2.45, 2.75) is 31.2 Å². The number of aliphatic carboxylic acids is 1. The van der Waals surface area contributed by atoms with E-state index in [0.717, 1.165) is 23.9 Å². The van der Waals surface area contributed by atoms with Gasteiger partial charge >= 0.3 is 5.97 Å². The Morgan fingerprint density at radius 1 is 1.44 bits per heavy atom. The number of carboxylic acids is 1. The van der Waals surface area contributed by atoms with Gasteiger partial charge in [0, 0.05) is 16.4 Å². The second-order valence-electron chi connectivity index (χ2n) is 5.22. The van der Waals surface area contributed by atoms with Crippen LogP contribution in [0.25, 0.3) is 0 Å². The predicted molar refractivity (Wildman–Crippen MR) is 74.8 cm³/mol. The number of benzene rings is 1. The van der Waals surface area contributed by atoms with Crippen LogP contribution in [-0.2, 0) is 10.2 Å². The molecule has 0 bridgehead atoms. The van der Waals surface area contributed by atoms with Crippen molar-refractivity contribution < 1.29 is 9.90 Å². The van der Waals surface area contributed by atoms with Gasteiger partial charge in [-0.3, -0.25) is 9.69 Å². The quantitative estimate of drug-likeness (QED) is 0.909. The van der Waals surface area contributed by atoms with E-state index in [2.05, 4.69) is 40.2 Å². The van der Waals surface area contributed by atoms with E-state index in [0.29, 0.717) is 0 Å². The van der Waals surface area contributed by atoms with Gasteiger partial charge < -0.3 is 5.11 Å². The van der Waals surface area contributed by atoms with Crippen molar-refractivity contribution in [2.24, 2.45) is 0 Å². The number of likely N-dealkylation sites (N-methyl/N-ethyl adjacent to an activating group) is 1. The Bertz CT molecular complexity index is 440. The third-order valence-electron chi connectivity index (χ3n) is 3.88. The van der Waals surface area contributed by atoms with Crippen LogP contribution in [0, 0.1) is 0 Å². The first-order valence-electron chi connectivity index (χ1n) is 6.14. The zero-order chi connectivity index (χ0) is 13.3. The van der Waals surface area contributed by atoms with E-state index in [9.17, 15) is 4.79 Å². The highest BCUT2D eigenvalue weighted by molar-refractivity contribution is 9.10. The number of hydrogen-bond acceptors (Lipinski definition) is 2. The molecule has 1 aromatic carbocycles. The SMILES string of the molecule is C[C@H](C(=O)O)N(C)CC1(c2ccc(Br)cc2)CC1. The van der Waals surface area contributed by atoms with Crippen LogP contribution < -0.4 is 0 Å². The van der Waals surface area contributed by atoms with E-state index in [1.165, 1.54) is 5.56 Å². The van der Waals surface area contributed by atoms with Crippen LogP contribution in [0.4, 0.5) is 0 Å². The largest absolute Gasteiger partial charge is 0.480 e. The summed E-state index contributed by atoms with van der Waals surface area (Å²) in [6.07, 6.45) is 2.29. The van der Waals surface area contributed by atoms with Gasteiger partial charge in [0.15, 0.2) is 0 Å². The van der Waals surface area contributed by atoms with Crippen LogP contribution in [0.3, 0.4) is 0 Å². The average Bonchev–Trinajstić information content (AvgIpc) is 3.09. The Balaban J connectivity index is 2.09. The van der Waals surface area contributed by atoms with E-state index < -0.39 is 12.0 Å². The Morgan fingerprint density at radius 3 is 2.44 bits per heavy atom. The molecule has 4 heteroatoms. The molecule has 18 heavy (non-hydrogen) atoms. The van der Waals surface area contributed by atoms with Gasteiger partial charge in [0.25, 0.3) is 0 Å². The normalized spacial score (nSPS) is 18.7. The van der Waals surface area contributed by atoms with Crippen LogP contribution in [0.15, 0.2) is 28.7 Å². The molecule has 0 amide bonds. The summed E-state index contributed by atoms with van der Waals surface area (Å²) in [5.74, 6) is -0.760. The van der Waals surface area contributed by atoms with E-state index >= 15 is 0 Å². The lowest BCUT2D eigenvalue weighted by Crippen LogP contribution is -2.40. The molecule has 3 nitrogen and oxygen atoms in total. The van der Waals surface area contributed by atoms with Crippen LogP contribution in [-0.4, -0.2) is 35.6 Å². The molecule has 0 aromatic heterocycles. The lowest BCUT2D eigenvalue weighted by atomic mass is 9.95. The highest BCUT2D eigenvalue weighted by Crippen LogP contribution is 2.48. The summed E-state index contributed by atoms with van der Waals surface area (Å²) in [6, 6.07) is 7.94. The van der Waals surface area contributed by atoms with Crippen molar-refractivity contribution in [3.05, 3.63) is 34.3 Å². The zero-order valence-electron chi connectivity index (χ0n) is 10.7. The second-order valence-corrected chi connectivity index (χ2v) is 6.13. The first-order chi connectivity index (χ1) is 8.44. The van der Waals surface area contributed by atoms with Crippen LogP contribution in [0.1, 0.15) is 25.3 Å². The fourth-order valence-electron chi connectivity index (χ4n) is 2.30. The molecule has 0 spiro atoms. The standard InChI is InChI=1S/C14H18BrNO2/c1-10(13(17)18)16(2)9-14(7-8-14)11-3-5-12(15)6-4-11/h3-6,10H,7-9H2,1-2H3,(H,17,18)/t10-/m1/s1. The number of hydrogen-bond donors (Lipinski definition) is 1. The minimum atomic E-state index is -0.760. The van der Waals surface area contributed by atoms with Crippen molar-refractivity contribution in [1.82, 2.24) is 4.90 Å². The number of rotatable bonds is 5. The molecule has 1 saturated carbocycles. The molecule has 98 valence electrons. The van der Waals surface area contributed by atoms with Crippen molar-refractivity contribution in [2.75, 3.05) is 13.6 Å². The van der Waals surface area contributed by atoms with Crippen molar-refractivity contribution in [3.8, 4) is 0 Å². The third-order valence-corrected chi connectivity index (χ3v) is 4.41. The van der Waals surface area contributed by atoms with Gasteiger partial charge in [0.1, 0.15) is 6.04 Å².